The number of nitriles is 1. The largest absolute Gasteiger partial charge is 0.192 e. The topological polar surface area (TPSA) is 23.8 Å². The second-order valence-corrected chi connectivity index (χ2v) is 10.6. The molecule has 0 N–H and O–H groups in total. The lowest BCUT2D eigenvalue weighted by molar-refractivity contribution is 0.414. The third-order valence-corrected chi connectivity index (χ3v) is 8.66. The molecule has 1 aliphatic rings. The highest BCUT2D eigenvalue weighted by Crippen LogP contribution is 2.31. The van der Waals surface area contributed by atoms with Crippen LogP contribution in [0.2, 0.25) is 18.1 Å². The minimum Gasteiger partial charge on any atom is -0.192 e. The molecular formula is C22H34NSi. The van der Waals surface area contributed by atoms with E-state index in [9.17, 15) is 0 Å². The Bertz CT molecular complexity index is 480. The minimum atomic E-state index is -0.0225. The van der Waals surface area contributed by atoms with Crippen LogP contribution < -0.4 is 0 Å². The molecule has 131 valence electrons. The molecule has 0 aromatic heterocycles. The predicted octanol–water partition coefficient (Wildman–Crippen LogP) is 6.76. The Morgan fingerprint density at radius 2 is 1.75 bits per heavy atom. The summed E-state index contributed by atoms with van der Waals surface area (Å²) in [7, 11) is -0.0225. The molecule has 1 saturated heterocycles. The van der Waals surface area contributed by atoms with Crippen LogP contribution in [-0.2, 0) is 6.42 Å². The molecule has 0 saturated carbocycles. The molecule has 0 atom stereocenters. The van der Waals surface area contributed by atoms with Gasteiger partial charge in [0.25, 0.3) is 0 Å². The van der Waals surface area contributed by atoms with Crippen LogP contribution in [0.1, 0.15) is 75.8 Å². The van der Waals surface area contributed by atoms with Crippen molar-refractivity contribution in [1.29, 1.82) is 5.26 Å². The second-order valence-electron chi connectivity index (χ2n) is 7.56. The summed E-state index contributed by atoms with van der Waals surface area (Å²) in [6.07, 6.45) is 14.2. The van der Waals surface area contributed by atoms with Crippen molar-refractivity contribution in [3.05, 3.63) is 35.4 Å². The zero-order chi connectivity index (χ0) is 17.0. The molecule has 0 spiro atoms. The van der Waals surface area contributed by atoms with Gasteiger partial charge in [-0.3, -0.25) is 0 Å². The maximum Gasteiger partial charge on any atom is 0.0991 e. The van der Waals surface area contributed by atoms with Crippen LogP contribution in [0, 0.1) is 17.2 Å². The number of unbranched alkanes of at least 4 members (excludes halogenated alkanes) is 4. The van der Waals surface area contributed by atoms with Crippen molar-refractivity contribution in [2.75, 3.05) is 0 Å². The predicted molar refractivity (Wildman–Crippen MR) is 106 cm³/mol. The van der Waals surface area contributed by atoms with E-state index in [1.165, 1.54) is 75.8 Å². The van der Waals surface area contributed by atoms with Crippen LogP contribution in [0.15, 0.2) is 24.3 Å². The highest BCUT2D eigenvalue weighted by atomic mass is 28.3. The smallest absolute Gasteiger partial charge is 0.0991 e. The Morgan fingerprint density at radius 3 is 2.42 bits per heavy atom. The zero-order valence-corrected chi connectivity index (χ0v) is 16.5. The number of rotatable bonds is 10. The lowest BCUT2D eigenvalue weighted by Gasteiger charge is -2.27. The van der Waals surface area contributed by atoms with Gasteiger partial charge in [-0.25, -0.2) is 0 Å². The fourth-order valence-electron chi connectivity index (χ4n) is 3.93. The average molecular weight is 341 g/mol. The van der Waals surface area contributed by atoms with Gasteiger partial charge in [0.1, 0.15) is 0 Å². The van der Waals surface area contributed by atoms with Crippen LogP contribution in [0.4, 0.5) is 0 Å². The average Bonchev–Trinajstić information content (AvgIpc) is 2.64. The molecule has 1 heterocycles. The van der Waals surface area contributed by atoms with Gasteiger partial charge >= 0.3 is 0 Å². The Labute approximate surface area is 151 Å². The third kappa shape index (κ3) is 7.22. The summed E-state index contributed by atoms with van der Waals surface area (Å²) < 4.78 is 0. The van der Waals surface area contributed by atoms with Crippen molar-refractivity contribution in [2.45, 2.75) is 89.3 Å². The van der Waals surface area contributed by atoms with Gasteiger partial charge in [0, 0.05) is 8.80 Å². The Kier molecular flexibility index (Phi) is 9.21. The highest BCUT2D eigenvalue weighted by Gasteiger charge is 2.21. The van der Waals surface area contributed by atoms with E-state index in [0.29, 0.717) is 0 Å². The molecule has 0 amide bonds. The van der Waals surface area contributed by atoms with Crippen molar-refractivity contribution < 1.29 is 0 Å². The van der Waals surface area contributed by atoms with E-state index in [1.54, 1.807) is 12.1 Å². The van der Waals surface area contributed by atoms with E-state index in [1.807, 2.05) is 12.1 Å². The van der Waals surface area contributed by atoms with E-state index in [4.69, 9.17) is 5.26 Å². The first kappa shape index (κ1) is 19.3. The molecule has 0 bridgehead atoms. The van der Waals surface area contributed by atoms with E-state index in [2.05, 4.69) is 25.1 Å². The molecule has 0 aliphatic carbocycles. The summed E-state index contributed by atoms with van der Waals surface area (Å²) in [5, 5.41) is 8.83. The summed E-state index contributed by atoms with van der Waals surface area (Å²) in [5.74, 6) is 1.06. The number of benzene rings is 1. The summed E-state index contributed by atoms with van der Waals surface area (Å²) in [6.45, 7) is 2.30. The van der Waals surface area contributed by atoms with E-state index >= 15 is 0 Å². The maximum atomic E-state index is 8.83. The third-order valence-electron chi connectivity index (χ3n) is 5.61. The SMILES string of the molecule is CCCCCCC1CC[Si](CCCCc2ccc(C#N)cc2)CC1. The fourth-order valence-corrected chi connectivity index (χ4v) is 7.07. The summed E-state index contributed by atoms with van der Waals surface area (Å²) in [6, 6.07) is 15.0. The Morgan fingerprint density at radius 1 is 1.00 bits per heavy atom. The van der Waals surface area contributed by atoms with Crippen molar-refractivity contribution in [3.63, 3.8) is 0 Å². The maximum absolute atomic E-state index is 8.83. The standard InChI is InChI=1S/C22H34NSi/c1-2-3-4-5-8-21-14-17-24(18-15-21)16-7-6-9-20-10-12-22(19-23)13-11-20/h10-13,21H,2-9,14-18H2,1H3. The zero-order valence-electron chi connectivity index (χ0n) is 15.5. The van der Waals surface area contributed by atoms with Crippen molar-refractivity contribution in [3.8, 4) is 6.07 Å². The van der Waals surface area contributed by atoms with E-state index in [-0.39, 0.29) is 8.80 Å². The fraction of sp³-hybridized carbons (Fsp3) is 0.682. The van der Waals surface area contributed by atoms with Crippen molar-refractivity contribution in [2.24, 2.45) is 5.92 Å². The van der Waals surface area contributed by atoms with Gasteiger partial charge in [-0.05, 0) is 36.5 Å². The minimum absolute atomic E-state index is 0.0225. The van der Waals surface area contributed by atoms with Gasteiger partial charge in [-0.15, -0.1) is 0 Å². The number of aryl methyl sites for hydroxylation is 1. The van der Waals surface area contributed by atoms with Crippen LogP contribution in [0.25, 0.3) is 0 Å². The number of hydrogen-bond donors (Lipinski definition) is 0. The quantitative estimate of drug-likeness (QED) is 0.341. The van der Waals surface area contributed by atoms with Gasteiger partial charge in [0.05, 0.1) is 11.6 Å². The highest BCUT2D eigenvalue weighted by molar-refractivity contribution is 6.58. The Hall–Kier alpha value is -1.07. The second kappa shape index (κ2) is 11.5. The summed E-state index contributed by atoms with van der Waals surface area (Å²) in [4.78, 5) is 0. The first-order valence-corrected chi connectivity index (χ1v) is 12.3. The van der Waals surface area contributed by atoms with Crippen LogP contribution in [0.3, 0.4) is 0 Å². The van der Waals surface area contributed by atoms with Crippen LogP contribution in [0.5, 0.6) is 0 Å². The molecule has 1 fully saturated rings. The van der Waals surface area contributed by atoms with E-state index < -0.39 is 0 Å². The van der Waals surface area contributed by atoms with Gasteiger partial charge in [0.2, 0.25) is 0 Å². The van der Waals surface area contributed by atoms with Crippen LogP contribution >= 0.6 is 0 Å². The molecule has 1 aromatic rings. The van der Waals surface area contributed by atoms with Crippen molar-refractivity contribution in [1.82, 2.24) is 0 Å². The molecule has 24 heavy (non-hydrogen) atoms. The van der Waals surface area contributed by atoms with Crippen LogP contribution in [-0.4, -0.2) is 8.80 Å². The van der Waals surface area contributed by atoms with Gasteiger partial charge < -0.3 is 0 Å². The Balaban J connectivity index is 1.52. The summed E-state index contributed by atoms with van der Waals surface area (Å²) in [5.41, 5.74) is 2.16. The molecule has 2 heteroatoms. The normalized spacial score (nSPS) is 16.2. The summed E-state index contributed by atoms with van der Waals surface area (Å²) >= 11 is 0. The number of nitrogens with zero attached hydrogens (tertiary/aromatic N) is 1. The first-order valence-electron chi connectivity index (χ1n) is 10.1. The molecule has 2 rings (SSSR count). The molecular weight excluding hydrogens is 306 g/mol. The molecule has 1 aromatic carbocycles. The van der Waals surface area contributed by atoms with Crippen molar-refractivity contribution >= 4 is 8.80 Å². The molecule has 1 nitrogen and oxygen atoms in total. The monoisotopic (exact) mass is 340 g/mol. The van der Waals surface area contributed by atoms with E-state index in [0.717, 1.165) is 11.5 Å². The molecule has 1 aliphatic heterocycles. The van der Waals surface area contributed by atoms with Gasteiger partial charge in [0.15, 0.2) is 0 Å². The van der Waals surface area contributed by atoms with Gasteiger partial charge in [-0.2, -0.15) is 5.26 Å². The lowest BCUT2D eigenvalue weighted by atomic mass is 9.95. The molecule has 0 unspecified atom stereocenters. The van der Waals surface area contributed by atoms with Gasteiger partial charge in [-0.1, -0.05) is 88.6 Å². The lowest BCUT2D eigenvalue weighted by Crippen LogP contribution is -2.21. The first-order chi connectivity index (χ1) is 11.8. The molecule has 1 radical (unpaired) electrons. The number of hydrogen-bond acceptors (Lipinski definition) is 1.